The molecular formula is C29H50O6Si. The van der Waals surface area contributed by atoms with Crippen molar-refractivity contribution in [2.45, 2.75) is 105 Å². The SMILES string of the molecule is COc1ccc([C@H]2OC[C@H](C)[C@@H]([C@@H](C)C(=O)C[C@@H](O)[C@@H](C)[C@H](O[Si](C)(C)C(C)(C)C)C(C)C)O2)cc1. The van der Waals surface area contributed by atoms with Crippen LogP contribution in [0.2, 0.25) is 18.1 Å². The molecule has 0 radical (unpaired) electrons. The number of carbonyl (C=O) groups excluding carboxylic acids is 1. The largest absolute Gasteiger partial charge is 0.497 e. The number of rotatable bonds is 11. The molecule has 2 rings (SSSR count). The molecule has 1 aliphatic heterocycles. The van der Waals surface area contributed by atoms with E-state index < -0.39 is 20.7 Å². The Kier molecular flexibility index (Phi) is 10.8. The Balaban J connectivity index is 2.07. The minimum absolute atomic E-state index is 0.0106. The Morgan fingerprint density at radius 2 is 1.72 bits per heavy atom. The van der Waals surface area contributed by atoms with Crippen molar-refractivity contribution < 1.29 is 28.5 Å². The van der Waals surface area contributed by atoms with E-state index in [1.807, 2.05) is 45.0 Å². The summed E-state index contributed by atoms with van der Waals surface area (Å²) < 4.78 is 24.2. The zero-order valence-corrected chi connectivity index (χ0v) is 25.3. The van der Waals surface area contributed by atoms with Gasteiger partial charge in [0.2, 0.25) is 0 Å². The highest BCUT2D eigenvalue weighted by Gasteiger charge is 2.43. The lowest BCUT2D eigenvalue weighted by atomic mass is 9.83. The van der Waals surface area contributed by atoms with Crippen molar-refractivity contribution in [1.29, 1.82) is 0 Å². The zero-order valence-electron chi connectivity index (χ0n) is 24.3. The highest BCUT2D eigenvalue weighted by Crippen LogP contribution is 2.40. The molecule has 1 aromatic rings. The molecule has 1 saturated heterocycles. The first-order valence-electron chi connectivity index (χ1n) is 13.4. The van der Waals surface area contributed by atoms with E-state index in [1.165, 1.54) is 0 Å². The fraction of sp³-hybridized carbons (Fsp3) is 0.759. The minimum atomic E-state index is -2.02. The lowest BCUT2D eigenvalue weighted by molar-refractivity contribution is -0.248. The maximum Gasteiger partial charge on any atom is 0.192 e. The van der Waals surface area contributed by atoms with E-state index in [0.717, 1.165) is 11.3 Å². The molecule has 0 amide bonds. The van der Waals surface area contributed by atoms with Gasteiger partial charge in [0.15, 0.2) is 14.6 Å². The summed E-state index contributed by atoms with van der Waals surface area (Å²) in [6.45, 7) is 21.8. The van der Waals surface area contributed by atoms with Crippen LogP contribution >= 0.6 is 0 Å². The first kappa shape index (κ1) is 31.0. The van der Waals surface area contributed by atoms with Crippen molar-refractivity contribution in [3.05, 3.63) is 29.8 Å². The second-order valence-electron chi connectivity index (χ2n) is 12.5. The van der Waals surface area contributed by atoms with Crippen LogP contribution in [0.25, 0.3) is 0 Å². The highest BCUT2D eigenvalue weighted by molar-refractivity contribution is 6.74. The molecule has 0 saturated carbocycles. The molecule has 0 spiro atoms. The van der Waals surface area contributed by atoms with E-state index in [-0.39, 0.29) is 53.1 Å². The highest BCUT2D eigenvalue weighted by atomic mass is 28.4. The molecule has 1 fully saturated rings. The number of aliphatic hydroxyl groups excluding tert-OH is 1. The molecule has 1 N–H and O–H groups in total. The van der Waals surface area contributed by atoms with Crippen LogP contribution in [0, 0.1) is 23.7 Å². The fourth-order valence-corrected chi connectivity index (χ4v) is 6.07. The summed E-state index contributed by atoms with van der Waals surface area (Å²) in [4.78, 5) is 13.3. The standard InChI is InChI=1S/C29H50O6Si/c1-18(2)26(35-36(10,11)29(6,7)8)20(4)24(30)16-25(31)21(5)27-19(3)17-33-28(34-27)22-12-14-23(32-9)15-13-22/h12-15,18-21,24,26-28,30H,16-17H2,1-11H3/t19-,20+,21-,24+,26+,27-,28-/m0/s1. The third-order valence-corrected chi connectivity index (χ3v) is 12.6. The maximum absolute atomic E-state index is 13.3. The van der Waals surface area contributed by atoms with Crippen molar-refractivity contribution in [2.24, 2.45) is 23.7 Å². The topological polar surface area (TPSA) is 74.2 Å². The molecule has 0 aromatic heterocycles. The molecule has 7 atom stereocenters. The summed E-state index contributed by atoms with van der Waals surface area (Å²) in [5, 5.41) is 11.2. The van der Waals surface area contributed by atoms with Gasteiger partial charge in [0, 0.05) is 29.7 Å². The van der Waals surface area contributed by atoms with Crippen LogP contribution < -0.4 is 4.74 Å². The third kappa shape index (κ3) is 7.64. The summed E-state index contributed by atoms with van der Waals surface area (Å²) in [7, 11) is -0.390. The van der Waals surface area contributed by atoms with Gasteiger partial charge in [-0.3, -0.25) is 4.79 Å². The third-order valence-electron chi connectivity index (χ3n) is 8.17. The number of Topliss-reactive ketones (excluding diaryl/α,β-unsaturated/α-hetero) is 1. The molecule has 36 heavy (non-hydrogen) atoms. The van der Waals surface area contributed by atoms with E-state index >= 15 is 0 Å². The van der Waals surface area contributed by atoms with Gasteiger partial charge in [0.25, 0.3) is 0 Å². The van der Waals surface area contributed by atoms with Gasteiger partial charge in [-0.05, 0) is 36.2 Å². The van der Waals surface area contributed by atoms with E-state index in [9.17, 15) is 9.90 Å². The average Bonchev–Trinajstić information content (AvgIpc) is 2.81. The summed E-state index contributed by atoms with van der Waals surface area (Å²) in [5.74, 6) is 0.569. The normalized spacial score (nSPS) is 24.8. The van der Waals surface area contributed by atoms with E-state index in [0.29, 0.717) is 6.61 Å². The van der Waals surface area contributed by atoms with Crippen LogP contribution in [-0.4, -0.2) is 51.2 Å². The number of hydrogen-bond acceptors (Lipinski definition) is 6. The van der Waals surface area contributed by atoms with Crippen molar-refractivity contribution in [1.82, 2.24) is 0 Å². The second-order valence-corrected chi connectivity index (χ2v) is 17.2. The summed E-state index contributed by atoms with van der Waals surface area (Å²) >= 11 is 0. The van der Waals surface area contributed by atoms with Crippen LogP contribution in [0.3, 0.4) is 0 Å². The van der Waals surface area contributed by atoms with Gasteiger partial charge in [-0.15, -0.1) is 0 Å². The van der Waals surface area contributed by atoms with Gasteiger partial charge < -0.3 is 23.7 Å². The summed E-state index contributed by atoms with van der Waals surface area (Å²) in [6, 6.07) is 7.59. The van der Waals surface area contributed by atoms with Gasteiger partial charge >= 0.3 is 0 Å². The number of aliphatic hydroxyl groups is 1. The molecule has 7 heteroatoms. The van der Waals surface area contributed by atoms with Crippen molar-refractivity contribution in [3.8, 4) is 5.75 Å². The molecule has 206 valence electrons. The minimum Gasteiger partial charge on any atom is -0.497 e. The smallest absolute Gasteiger partial charge is 0.192 e. The molecule has 6 nitrogen and oxygen atoms in total. The number of benzene rings is 1. The lowest BCUT2D eigenvalue weighted by Gasteiger charge is -2.43. The molecule has 1 aromatic carbocycles. The average molecular weight is 523 g/mol. The van der Waals surface area contributed by atoms with E-state index in [4.69, 9.17) is 18.6 Å². The molecular weight excluding hydrogens is 472 g/mol. The first-order chi connectivity index (χ1) is 16.6. The van der Waals surface area contributed by atoms with Crippen LogP contribution in [-0.2, 0) is 18.7 Å². The molecule has 1 aliphatic rings. The quantitative estimate of drug-likeness (QED) is 0.340. The second kappa shape index (κ2) is 12.5. The monoisotopic (exact) mass is 522 g/mol. The van der Waals surface area contributed by atoms with Crippen LogP contribution in [0.4, 0.5) is 0 Å². The molecule has 0 unspecified atom stereocenters. The number of carbonyl (C=O) groups is 1. The van der Waals surface area contributed by atoms with Crippen molar-refractivity contribution in [2.75, 3.05) is 13.7 Å². The number of hydrogen-bond donors (Lipinski definition) is 1. The Labute approximate surface area is 220 Å². The van der Waals surface area contributed by atoms with Crippen molar-refractivity contribution in [3.63, 3.8) is 0 Å². The fourth-order valence-electron chi connectivity index (χ4n) is 4.54. The maximum atomic E-state index is 13.3. The first-order valence-corrected chi connectivity index (χ1v) is 16.3. The van der Waals surface area contributed by atoms with Gasteiger partial charge in [-0.25, -0.2) is 0 Å². The predicted octanol–water partition coefficient (Wildman–Crippen LogP) is 6.38. The van der Waals surface area contributed by atoms with Gasteiger partial charge in [-0.1, -0.05) is 67.5 Å². The van der Waals surface area contributed by atoms with Gasteiger partial charge in [0.1, 0.15) is 11.5 Å². The molecule has 0 bridgehead atoms. The van der Waals surface area contributed by atoms with Crippen LogP contribution in [0.15, 0.2) is 24.3 Å². The van der Waals surface area contributed by atoms with Gasteiger partial charge in [-0.2, -0.15) is 0 Å². The van der Waals surface area contributed by atoms with E-state index in [1.54, 1.807) is 7.11 Å². The van der Waals surface area contributed by atoms with Crippen LogP contribution in [0.5, 0.6) is 5.75 Å². The molecule has 0 aliphatic carbocycles. The number of ketones is 1. The number of methoxy groups -OCH3 is 1. The Morgan fingerprint density at radius 3 is 2.22 bits per heavy atom. The zero-order chi connectivity index (χ0) is 27.4. The Morgan fingerprint density at radius 1 is 1.14 bits per heavy atom. The van der Waals surface area contributed by atoms with E-state index in [2.05, 4.69) is 47.7 Å². The summed E-state index contributed by atoms with van der Waals surface area (Å²) in [5.41, 5.74) is 0.892. The van der Waals surface area contributed by atoms with Crippen molar-refractivity contribution >= 4 is 14.1 Å². The lowest BCUT2D eigenvalue weighted by Crippen LogP contribution is -2.49. The predicted molar refractivity (Wildman–Crippen MR) is 147 cm³/mol. The van der Waals surface area contributed by atoms with Gasteiger partial charge in [0.05, 0.1) is 32.0 Å². The summed E-state index contributed by atoms with van der Waals surface area (Å²) in [6.07, 6.45) is -1.61. The molecule has 1 heterocycles. The Hall–Kier alpha value is -1.25. The number of ether oxygens (including phenoxy) is 3. The van der Waals surface area contributed by atoms with Crippen LogP contribution in [0.1, 0.15) is 73.7 Å². The Bertz CT molecular complexity index is 831.